The highest BCUT2D eigenvalue weighted by atomic mass is 16.5. The number of aromatic nitrogens is 4. The Labute approximate surface area is 121 Å². The van der Waals surface area contributed by atoms with Crippen molar-refractivity contribution in [2.45, 2.75) is 31.6 Å². The maximum Gasteiger partial charge on any atom is 0.224 e. The van der Waals surface area contributed by atoms with E-state index in [1.807, 2.05) is 4.57 Å². The van der Waals surface area contributed by atoms with Gasteiger partial charge in [0.15, 0.2) is 17.0 Å². The molecular formula is C13H18N6O2. The summed E-state index contributed by atoms with van der Waals surface area (Å²) in [4.78, 5) is 15.3. The Bertz CT molecular complexity index is 668. The van der Waals surface area contributed by atoms with E-state index in [2.05, 4.69) is 19.9 Å². The monoisotopic (exact) mass is 290 g/mol. The number of ether oxygens (including phenoxy) is 1. The molecule has 0 aliphatic carbocycles. The van der Waals surface area contributed by atoms with Crippen LogP contribution in [0.3, 0.4) is 0 Å². The first-order chi connectivity index (χ1) is 10.3. The van der Waals surface area contributed by atoms with E-state index in [1.54, 1.807) is 6.33 Å². The summed E-state index contributed by atoms with van der Waals surface area (Å²) < 4.78 is 7.70. The topological polar surface area (TPSA) is 102 Å². The van der Waals surface area contributed by atoms with Gasteiger partial charge < -0.3 is 20.5 Å². The molecule has 3 N–H and O–H groups in total. The van der Waals surface area contributed by atoms with Crippen LogP contribution in [0, 0.1) is 0 Å². The van der Waals surface area contributed by atoms with Crippen molar-refractivity contribution in [3.05, 3.63) is 6.33 Å². The third-order valence-electron chi connectivity index (χ3n) is 4.17. The van der Waals surface area contributed by atoms with Crippen LogP contribution in [-0.2, 0) is 4.74 Å². The van der Waals surface area contributed by atoms with Crippen LogP contribution in [-0.4, -0.2) is 50.4 Å². The van der Waals surface area contributed by atoms with Crippen LogP contribution in [0.5, 0.6) is 0 Å². The lowest BCUT2D eigenvalue weighted by molar-refractivity contribution is -0.0207. The zero-order valence-electron chi connectivity index (χ0n) is 11.6. The highest BCUT2D eigenvalue weighted by Gasteiger charge is 2.29. The summed E-state index contributed by atoms with van der Waals surface area (Å²) in [6.07, 6.45) is 4.30. The summed E-state index contributed by atoms with van der Waals surface area (Å²) in [6, 6.07) is 0. The van der Waals surface area contributed by atoms with E-state index < -0.39 is 0 Å². The normalized spacial score (nSPS) is 25.5. The molecule has 0 spiro atoms. The quantitative estimate of drug-likeness (QED) is 0.837. The molecule has 0 bridgehead atoms. The van der Waals surface area contributed by atoms with Gasteiger partial charge in [-0.1, -0.05) is 0 Å². The number of nitrogen functional groups attached to an aromatic ring is 1. The lowest BCUT2D eigenvalue weighted by atomic mass is 10.2. The predicted octanol–water partition coefficient (Wildman–Crippen LogP) is 0.288. The van der Waals surface area contributed by atoms with Gasteiger partial charge in [-0.2, -0.15) is 9.97 Å². The van der Waals surface area contributed by atoms with Crippen molar-refractivity contribution < 1.29 is 9.84 Å². The first kappa shape index (κ1) is 12.8. The molecule has 2 atom stereocenters. The van der Waals surface area contributed by atoms with Crippen LogP contribution in [0.1, 0.15) is 25.5 Å². The number of hydrogen-bond acceptors (Lipinski definition) is 7. The van der Waals surface area contributed by atoms with Crippen molar-refractivity contribution in [1.82, 2.24) is 19.5 Å². The van der Waals surface area contributed by atoms with Crippen molar-refractivity contribution in [3.8, 4) is 0 Å². The summed E-state index contributed by atoms with van der Waals surface area (Å²) in [7, 11) is 0. The minimum Gasteiger partial charge on any atom is -0.394 e. The highest BCUT2D eigenvalue weighted by molar-refractivity contribution is 5.85. The molecular weight excluding hydrogens is 272 g/mol. The molecule has 112 valence electrons. The first-order valence-corrected chi connectivity index (χ1v) is 7.27. The van der Waals surface area contributed by atoms with Crippen LogP contribution < -0.4 is 10.6 Å². The summed E-state index contributed by atoms with van der Waals surface area (Å²) in [5.41, 5.74) is 7.32. The number of aliphatic hydroxyl groups is 1. The third-order valence-corrected chi connectivity index (χ3v) is 4.17. The summed E-state index contributed by atoms with van der Waals surface area (Å²) in [5, 5.41) is 9.19. The number of hydrogen-bond donors (Lipinski definition) is 2. The molecule has 2 aromatic rings. The van der Waals surface area contributed by atoms with E-state index >= 15 is 0 Å². The molecule has 0 radical (unpaired) electrons. The van der Waals surface area contributed by atoms with E-state index in [9.17, 15) is 5.11 Å². The summed E-state index contributed by atoms with van der Waals surface area (Å²) in [6.45, 7) is 2.00. The molecule has 21 heavy (non-hydrogen) atoms. The van der Waals surface area contributed by atoms with Gasteiger partial charge >= 0.3 is 0 Å². The maximum absolute atomic E-state index is 9.19. The van der Waals surface area contributed by atoms with E-state index in [1.165, 1.54) is 0 Å². The van der Waals surface area contributed by atoms with Gasteiger partial charge in [-0.3, -0.25) is 4.57 Å². The second-order valence-corrected chi connectivity index (χ2v) is 5.54. The fourth-order valence-electron chi connectivity index (χ4n) is 2.90. The molecule has 0 aromatic carbocycles. The van der Waals surface area contributed by atoms with Gasteiger partial charge in [0.05, 0.1) is 19.0 Å². The average molecular weight is 290 g/mol. The number of nitrogens with zero attached hydrogens (tertiary/aromatic N) is 5. The van der Waals surface area contributed by atoms with Crippen molar-refractivity contribution in [1.29, 1.82) is 0 Å². The summed E-state index contributed by atoms with van der Waals surface area (Å²) >= 11 is 0. The molecule has 2 fully saturated rings. The zero-order valence-corrected chi connectivity index (χ0v) is 11.6. The second kappa shape index (κ2) is 4.81. The van der Waals surface area contributed by atoms with Crippen molar-refractivity contribution in [3.63, 3.8) is 0 Å². The number of aliphatic hydroxyl groups excluding tert-OH is 1. The van der Waals surface area contributed by atoms with Crippen LogP contribution in [0.4, 0.5) is 11.8 Å². The van der Waals surface area contributed by atoms with E-state index in [0.717, 1.165) is 43.7 Å². The number of rotatable bonds is 3. The second-order valence-electron chi connectivity index (χ2n) is 5.54. The lowest BCUT2D eigenvalue weighted by Gasteiger charge is -2.32. The van der Waals surface area contributed by atoms with Crippen molar-refractivity contribution in [2.75, 3.05) is 30.3 Å². The molecule has 0 amide bonds. The molecule has 8 heteroatoms. The third kappa shape index (κ3) is 2.02. The molecule has 2 aromatic heterocycles. The SMILES string of the molecule is Nc1nc(N2CCC2)c2ncn(C3CCC(CO)O3)c2n1. The molecule has 2 aliphatic rings. The predicted molar refractivity (Wildman–Crippen MR) is 76.8 cm³/mol. The van der Waals surface area contributed by atoms with Gasteiger partial charge in [0.1, 0.15) is 6.23 Å². The fourth-order valence-corrected chi connectivity index (χ4v) is 2.90. The highest BCUT2D eigenvalue weighted by Crippen LogP contribution is 2.33. The maximum atomic E-state index is 9.19. The van der Waals surface area contributed by atoms with E-state index in [0.29, 0.717) is 5.65 Å². The first-order valence-electron chi connectivity index (χ1n) is 7.27. The molecule has 0 saturated carbocycles. The molecule has 4 heterocycles. The van der Waals surface area contributed by atoms with E-state index in [4.69, 9.17) is 10.5 Å². The van der Waals surface area contributed by atoms with E-state index in [-0.39, 0.29) is 24.9 Å². The molecule has 4 rings (SSSR count). The van der Waals surface area contributed by atoms with Crippen LogP contribution in [0.2, 0.25) is 0 Å². The minimum atomic E-state index is -0.148. The molecule has 2 saturated heterocycles. The van der Waals surface area contributed by atoms with Crippen LogP contribution in [0.15, 0.2) is 6.33 Å². The number of nitrogens with two attached hydrogens (primary N) is 1. The summed E-state index contributed by atoms with van der Waals surface area (Å²) in [5.74, 6) is 1.06. The molecule has 8 nitrogen and oxygen atoms in total. The Morgan fingerprint density at radius 2 is 2.19 bits per heavy atom. The minimum absolute atomic E-state index is 0.0410. The van der Waals surface area contributed by atoms with Gasteiger partial charge in [0, 0.05) is 13.1 Å². The Morgan fingerprint density at radius 3 is 2.86 bits per heavy atom. The van der Waals surface area contributed by atoms with Gasteiger partial charge in [-0.15, -0.1) is 0 Å². The Morgan fingerprint density at radius 1 is 1.33 bits per heavy atom. The average Bonchev–Trinajstić information content (AvgIpc) is 3.01. The number of imidazole rings is 1. The Balaban J connectivity index is 1.75. The van der Waals surface area contributed by atoms with Gasteiger partial charge in [0.25, 0.3) is 0 Å². The lowest BCUT2D eigenvalue weighted by Crippen LogP contribution is -2.38. The van der Waals surface area contributed by atoms with Gasteiger partial charge in [-0.25, -0.2) is 4.98 Å². The molecule has 2 unspecified atom stereocenters. The van der Waals surface area contributed by atoms with Crippen molar-refractivity contribution in [2.24, 2.45) is 0 Å². The zero-order chi connectivity index (χ0) is 14.4. The van der Waals surface area contributed by atoms with Gasteiger partial charge in [-0.05, 0) is 19.3 Å². The molecule has 2 aliphatic heterocycles. The van der Waals surface area contributed by atoms with Crippen LogP contribution >= 0.6 is 0 Å². The Hall–Kier alpha value is -1.93. The fraction of sp³-hybridized carbons (Fsp3) is 0.615. The van der Waals surface area contributed by atoms with Crippen LogP contribution in [0.25, 0.3) is 11.2 Å². The smallest absolute Gasteiger partial charge is 0.224 e. The Kier molecular flexibility index (Phi) is 2.93. The van der Waals surface area contributed by atoms with Crippen molar-refractivity contribution >= 4 is 22.9 Å². The standard InChI is InChI=1S/C13H18N6O2/c14-13-16-11(18-4-1-5-18)10-12(17-13)19(7-15-10)9-3-2-8(6-20)21-9/h7-9,20H,1-6H2,(H2,14,16,17). The van der Waals surface area contributed by atoms with Gasteiger partial charge in [0.2, 0.25) is 5.95 Å². The largest absolute Gasteiger partial charge is 0.394 e. The number of fused-ring (bicyclic) bond motifs is 1. The number of anilines is 2.